The van der Waals surface area contributed by atoms with Gasteiger partial charge in [0.25, 0.3) is 11.8 Å². The number of halogens is 8. The molecule has 3 heterocycles. The van der Waals surface area contributed by atoms with Crippen LogP contribution in [0.3, 0.4) is 0 Å². The van der Waals surface area contributed by atoms with Gasteiger partial charge < -0.3 is 20.6 Å². The summed E-state index contributed by atoms with van der Waals surface area (Å²) in [5, 5.41) is 9.49. The number of fused-ring (bicyclic) bond motifs is 1. The number of carbonyl (C=O) groups is 2. The molecular weight excluding hydrogens is 486 g/mol. The van der Waals surface area contributed by atoms with E-state index >= 15 is 0 Å². The van der Waals surface area contributed by atoms with E-state index in [0.717, 1.165) is 4.90 Å². The van der Waals surface area contributed by atoms with Gasteiger partial charge in [-0.1, -0.05) is 0 Å². The molecule has 2 aliphatic rings. The fourth-order valence-corrected chi connectivity index (χ4v) is 3.82. The number of hydrogen-bond donors (Lipinski definition) is 2. The Hall–Kier alpha value is -2.62. The molecule has 0 aromatic carbocycles. The minimum atomic E-state index is -5.25. The number of likely N-dealkylation sites (tertiary alicyclic amines) is 1. The average molecular weight is 505 g/mol. The van der Waals surface area contributed by atoms with Gasteiger partial charge in [-0.2, -0.15) is 26.3 Å². The van der Waals surface area contributed by atoms with Crippen molar-refractivity contribution in [3.05, 3.63) is 22.8 Å². The van der Waals surface area contributed by atoms with Gasteiger partial charge in [0.05, 0.1) is 24.9 Å². The maximum Gasteiger partial charge on any atom is 0.451 e. The standard InChI is InChI=1S/C18H19F8N5O3/c19-16(20)5-10(32)14(34)31(7-16)11(27)1-2-12(33)30-4-3-8-9(6-30)28-15(18(24,25)26)29-13(8)17(21,22)23/h10-11,32H,1-7,27H2. The fourth-order valence-electron chi connectivity index (χ4n) is 3.82. The van der Waals surface area contributed by atoms with Crippen molar-refractivity contribution in [3.63, 3.8) is 0 Å². The van der Waals surface area contributed by atoms with Gasteiger partial charge in [-0.15, -0.1) is 0 Å². The summed E-state index contributed by atoms with van der Waals surface area (Å²) in [6.45, 7) is -2.00. The lowest BCUT2D eigenvalue weighted by Crippen LogP contribution is -2.59. The smallest absolute Gasteiger partial charge is 0.383 e. The minimum absolute atomic E-state index is 0.279. The molecule has 2 atom stereocenters. The maximum absolute atomic E-state index is 13.6. The van der Waals surface area contributed by atoms with Crippen molar-refractivity contribution < 1.29 is 49.8 Å². The second-order valence-electron chi connectivity index (χ2n) is 8.03. The van der Waals surface area contributed by atoms with Crippen molar-refractivity contribution in [2.24, 2.45) is 5.73 Å². The fraction of sp³-hybridized carbons (Fsp3) is 0.667. The summed E-state index contributed by atoms with van der Waals surface area (Å²) in [6.07, 6.45) is -16.0. The predicted octanol–water partition coefficient (Wildman–Crippen LogP) is 1.69. The number of nitrogens with two attached hydrogens (primary N) is 1. The van der Waals surface area contributed by atoms with Crippen LogP contribution in [0.1, 0.15) is 42.0 Å². The van der Waals surface area contributed by atoms with E-state index in [9.17, 15) is 49.8 Å². The zero-order valence-electron chi connectivity index (χ0n) is 17.3. The largest absolute Gasteiger partial charge is 0.451 e. The summed E-state index contributed by atoms with van der Waals surface area (Å²) in [5.74, 6) is -7.15. The van der Waals surface area contributed by atoms with Gasteiger partial charge in [0.1, 0.15) is 6.10 Å². The number of piperidine rings is 1. The van der Waals surface area contributed by atoms with Crippen LogP contribution in [0.15, 0.2) is 0 Å². The van der Waals surface area contributed by atoms with E-state index in [1.54, 1.807) is 0 Å². The van der Waals surface area contributed by atoms with Crippen LogP contribution in [-0.2, 0) is 34.9 Å². The summed E-state index contributed by atoms with van der Waals surface area (Å²) in [6, 6.07) is 0. The van der Waals surface area contributed by atoms with E-state index in [4.69, 9.17) is 5.73 Å². The molecule has 0 radical (unpaired) electrons. The monoisotopic (exact) mass is 505 g/mol. The van der Waals surface area contributed by atoms with E-state index in [2.05, 4.69) is 9.97 Å². The highest BCUT2D eigenvalue weighted by molar-refractivity contribution is 5.82. The Balaban J connectivity index is 1.72. The Morgan fingerprint density at radius 3 is 2.41 bits per heavy atom. The van der Waals surface area contributed by atoms with Crippen LogP contribution in [0.5, 0.6) is 0 Å². The first kappa shape index (κ1) is 26.0. The number of carbonyl (C=O) groups excluding carboxylic acids is 2. The first-order chi connectivity index (χ1) is 15.5. The highest BCUT2D eigenvalue weighted by Crippen LogP contribution is 2.37. The molecule has 34 heavy (non-hydrogen) atoms. The Kier molecular flexibility index (Phi) is 6.78. The van der Waals surface area contributed by atoms with Crippen LogP contribution >= 0.6 is 0 Å². The lowest BCUT2D eigenvalue weighted by atomic mass is 10.0. The number of hydrogen-bond acceptors (Lipinski definition) is 6. The molecule has 0 bridgehead atoms. The third kappa shape index (κ3) is 5.54. The van der Waals surface area contributed by atoms with E-state index in [-0.39, 0.29) is 13.0 Å². The molecule has 0 spiro atoms. The summed E-state index contributed by atoms with van der Waals surface area (Å²) in [7, 11) is 0. The van der Waals surface area contributed by atoms with Crippen LogP contribution in [0.25, 0.3) is 0 Å². The Morgan fingerprint density at radius 1 is 1.18 bits per heavy atom. The molecule has 2 amide bonds. The number of aromatic nitrogens is 2. The predicted molar refractivity (Wildman–Crippen MR) is 95.7 cm³/mol. The topological polar surface area (TPSA) is 113 Å². The van der Waals surface area contributed by atoms with Crippen molar-refractivity contribution in [1.82, 2.24) is 19.8 Å². The van der Waals surface area contributed by atoms with Crippen LogP contribution in [0.4, 0.5) is 35.1 Å². The van der Waals surface area contributed by atoms with Crippen LogP contribution in [0.2, 0.25) is 0 Å². The Bertz CT molecular complexity index is 968. The van der Waals surface area contributed by atoms with Crippen LogP contribution in [0, 0.1) is 0 Å². The number of alkyl halides is 8. The molecule has 1 aromatic heterocycles. The number of nitrogens with zero attached hydrogens (tertiary/aromatic N) is 4. The Morgan fingerprint density at radius 2 is 1.82 bits per heavy atom. The molecule has 16 heteroatoms. The van der Waals surface area contributed by atoms with Crippen molar-refractivity contribution in [1.29, 1.82) is 0 Å². The first-order valence-electron chi connectivity index (χ1n) is 9.93. The lowest BCUT2D eigenvalue weighted by molar-refractivity contribution is -0.168. The van der Waals surface area contributed by atoms with Gasteiger partial charge in [-0.3, -0.25) is 9.59 Å². The van der Waals surface area contributed by atoms with E-state index in [1.807, 2.05) is 0 Å². The molecular formula is C18H19F8N5O3. The molecule has 1 saturated heterocycles. The van der Waals surface area contributed by atoms with Crippen molar-refractivity contribution in [2.45, 2.75) is 62.8 Å². The van der Waals surface area contributed by atoms with E-state index in [0.29, 0.717) is 4.90 Å². The molecule has 190 valence electrons. The SMILES string of the molecule is NC(CCC(=O)N1CCc2c(nc(C(F)(F)F)nc2C(F)(F)F)C1)N1CC(F)(F)CC(O)C1=O. The van der Waals surface area contributed by atoms with Crippen LogP contribution < -0.4 is 5.73 Å². The number of amides is 2. The summed E-state index contributed by atoms with van der Waals surface area (Å²) < 4.78 is 106. The van der Waals surface area contributed by atoms with Gasteiger partial charge >= 0.3 is 12.4 Å². The zero-order valence-corrected chi connectivity index (χ0v) is 17.3. The van der Waals surface area contributed by atoms with Gasteiger partial charge in [-0.25, -0.2) is 18.7 Å². The lowest BCUT2D eigenvalue weighted by Gasteiger charge is -2.38. The second-order valence-corrected chi connectivity index (χ2v) is 8.03. The first-order valence-corrected chi connectivity index (χ1v) is 9.93. The molecule has 2 unspecified atom stereocenters. The molecule has 1 fully saturated rings. The second kappa shape index (κ2) is 8.87. The molecule has 8 nitrogen and oxygen atoms in total. The van der Waals surface area contributed by atoms with Gasteiger partial charge in [0, 0.05) is 24.9 Å². The summed E-state index contributed by atoms with van der Waals surface area (Å²) in [4.78, 5) is 31.8. The number of rotatable bonds is 4. The van der Waals surface area contributed by atoms with Gasteiger partial charge in [0.15, 0.2) is 5.69 Å². The molecule has 0 aliphatic carbocycles. The van der Waals surface area contributed by atoms with Crippen molar-refractivity contribution in [3.8, 4) is 0 Å². The number of aliphatic hydroxyl groups is 1. The van der Waals surface area contributed by atoms with E-state index in [1.165, 1.54) is 0 Å². The van der Waals surface area contributed by atoms with E-state index < -0.39 is 97.5 Å². The molecule has 3 N–H and O–H groups in total. The molecule has 1 aromatic rings. The minimum Gasteiger partial charge on any atom is -0.383 e. The maximum atomic E-state index is 13.6. The third-order valence-corrected chi connectivity index (χ3v) is 5.46. The van der Waals surface area contributed by atoms with Crippen LogP contribution in [-0.4, -0.2) is 68.0 Å². The van der Waals surface area contributed by atoms with Crippen molar-refractivity contribution in [2.75, 3.05) is 13.1 Å². The Labute approximate surface area is 186 Å². The molecule has 3 rings (SSSR count). The molecule has 2 aliphatic heterocycles. The zero-order chi connectivity index (χ0) is 25.6. The average Bonchev–Trinajstić information content (AvgIpc) is 2.71. The highest BCUT2D eigenvalue weighted by Gasteiger charge is 2.46. The van der Waals surface area contributed by atoms with Gasteiger partial charge in [-0.05, 0) is 12.8 Å². The quantitative estimate of drug-likeness (QED) is 0.603. The highest BCUT2D eigenvalue weighted by atomic mass is 19.4. The normalized spacial score (nSPS) is 21.9. The summed E-state index contributed by atoms with van der Waals surface area (Å²) >= 11 is 0. The number of aliphatic hydroxyl groups excluding tert-OH is 1. The molecule has 0 saturated carbocycles. The summed E-state index contributed by atoms with van der Waals surface area (Å²) in [5.41, 5.74) is 2.86. The third-order valence-electron chi connectivity index (χ3n) is 5.46. The van der Waals surface area contributed by atoms with Crippen molar-refractivity contribution >= 4 is 11.8 Å². The van der Waals surface area contributed by atoms with Gasteiger partial charge in [0.2, 0.25) is 11.7 Å².